The van der Waals surface area contributed by atoms with Gasteiger partial charge in [-0.2, -0.15) is 0 Å². The molecule has 0 unspecified atom stereocenters. The highest BCUT2D eigenvalue weighted by atomic mass is 32.1. The van der Waals surface area contributed by atoms with Gasteiger partial charge in [-0.05, 0) is 17.7 Å². The zero-order valence-corrected chi connectivity index (χ0v) is 13.5. The number of amides is 1. The second kappa shape index (κ2) is 6.29. The molecule has 2 heterocycles. The van der Waals surface area contributed by atoms with Crippen LogP contribution in [0.3, 0.4) is 0 Å². The first kappa shape index (κ1) is 15.4. The number of rotatable bonds is 4. The fraction of sp³-hybridized carbons (Fsp3) is 0.188. The van der Waals surface area contributed by atoms with Gasteiger partial charge in [-0.25, -0.2) is 14.4 Å². The molecule has 1 N–H and O–H groups in total. The van der Waals surface area contributed by atoms with E-state index in [1.165, 1.54) is 29.8 Å². The molecule has 0 saturated carbocycles. The van der Waals surface area contributed by atoms with Crippen LogP contribution in [0.25, 0.3) is 21.3 Å². The van der Waals surface area contributed by atoms with Crippen LogP contribution in [-0.4, -0.2) is 36.5 Å². The number of anilines is 1. The molecule has 1 amide bonds. The van der Waals surface area contributed by atoms with Crippen molar-refractivity contribution >= 4 is 33.3 Å². The maximum atomic E-state index is 13.2. The quantitative estimate of drug-likeness (QED) is 0.799. The van der Waals surface area contributed by atoms with Crippen LogP contribution in [0.1, 0.15) is 0 Å². The van der Waals surface area contributed by atoms with Gasteiger partial charge in [0.15, 0.2) is 0 Å². The number of fused-ring (bicyclic) bond motifs is 1. The van der Waals surface area contributed by atoms with Crippen molar-refractivity contribution in [1.29, 1.82) is 0 Å². The Hall–Kier alpha value is -2.54. The smallest absolute Gasteiger partial charge is 0.239 e. The summed E-state index contributed by atoms with van der Waals surface area (Å²) >= 11 is 1.50. The first-order chi connectivity index (χ1) is 11.1. The van der Waals surface area contributed by atoms with Crippen molar-refractivity contribution in [2.75, 3.05) is 25.5 Å². The van der Waals surface area contributed by atoms with Crippen LogP contribution in [0.4, 0.5) is 10.2 Å². The average Bonchev–Trinajstić information content (AvgIpc) is 2.99. The highest BCUT2D eigenvalue weighted by Gasteiger charge is 2.17. The number of nitrogens with one attached hydrogen (secondary N) is 1. The summed E-state index contributed by atoms with van der Waals surface area (Å²) in [7, 11) is 3.41. The first-order valence-corrected chi connectivity index (χ1v) is 7.88. The van der Waals surface area contributed by atoms with Gasteiger partial charge in [0.2, 0.25) is 5.91 Å². The number of hydrogen-bond donors (Lipinski definition) is 1. The number of thiophene rings is 1. The Morgan fingerprint density at radius 1 is 1.30 bits per heavy atom. The van der Waals surface area contributed by atoms with Crippen molar-refractivity contribution in [2.45, 2.75) is 0 Å². The molecule has 1 aromatic carbocycles. The number of aromatic nitrogens is 2. The van der Waals surface area contributed by atoms with Gasteiger partial charge in [0.05, 0.1) is 11.9 Å². The van der Waals surface area contributed by atoms with Crippen LogP contribution >= 0.6 is 11.3 Å². The van der Waals surface area contributed by atoms with Crippen LogP contribution in [0.15, 0.2) is 36.0 Å². The Morgan fingerprint density at radius 3 is 2.74 bits per heavy atom. The van der Waals surface area contributed by atoms with Crippen LogP contribution < -0.4 is 10.2 Å². The monoisotopic (exact) mass is 330 g/mol. The van der Waals surface area contributed by atoms with Crippen molar-refractivity contribution in [3.8, 4) is 11.1 Å². The summed E-state index contributed by atoms with van der Waals surface area (Å²) in [4.78, 5) is 22.9. The lowest BCUT2D eigenvalue weighted by molar-refractivity contribution is -0.119. The molecular formula is C16H15FN4OS. The van der Waals surface area contributed by atoms with Gasteiger partial charge in [0, 0.05) is 25.0 Å². The Morgan fingerprint density at radius 2 is 2.04 bits per heavy atom. The number of benzene rings is 1. The Kier molecular flexibility index (Phi) is 4.20. The molecule has 5 nitrogen and oxygen atoms in total. The van der Waals surface area contributed by atoms with E-state index >= 15 is 0 Å². The van der Waals surface area contributed by atoms with E-state index in [1.54, 1.807) is 24.1 Å². The molecule has 0 aliphatic rings. The van der Waals surface area contributed by atoms with Crippen molar-refractivity contribution in [2.24, 2.45) is 0 Å². The van der Waals surface area contributed by atoms with E-state index in [9.17, 15) is 9.18 Å². The van der Waals surface area contributed by atoms with Gasteiger partial charge >= 0.3 is 0 Å². The lowest BCUT2D eigenvalue weighted by Gasteiger charge is -2.18. The van der Waals surface area contributed by atoms with Gasteiger partial charge in [-0.1, -0.05) is 12.1 Å². The molecule has 3 rings (SSSR count). The molecule has 118 valence electrons. The highest BCUT2D eigenvalue weighted by molar-refractivity contribution is 7.17. The third-order valence-electron chi connectivity index (χ3n) is 3.53. The topological polar surface area (TPSA) is 58.1 Å². The van der Waals surface area contributed by atoms with Crippen LogP contribution in [-0.2, 0) is 4.79 Å². The van der Waals surface area contributed by atoms with Crippen molar-refractivity contribution in [1.82, 2.24) is 15.3 Å². The summed E-state index contributed by atoms with van der Waals surface area (Å²) in [6.07, 6.45) is 1.49. The molecule has 0 saturated heterocycles. The fourth-order valence-electron chi connectivity index (χ4n) is 2.36. The third-order valence-corrected chi connectivity index (χ3v) is 4.41. The second-order valence-corrected chi connectivity index (χ2v) is 5.92. The van der Waals surface area contributed by atoms with E-state index in [1.807, 2.05) is 12.4 Å². The van der Waals surface area contributed by atoms with E-state index in [2.05, 4.69) is 15.3 Å². The van der Waals surface area contributed by atoms with Crippen molar-refractivity contribution in [3.05, 3.63) is 41.8 Å². The number of carbonyl (C=O) groups is 1. The van der Waals surface area contributed by atoms with E-state index in [-0.39, 0.29) is 18.3 Å². The minimum Gasteiger partial charge on any atom is -0.358 e. The van der Waals surface area contributed by atoms with Crippen molar-refractivity contribution < 1.29 is 9.18 Å². The molecule has 0 atom stereocenters. The standard InChI is InChI=1S/C16H15FN4OS/c1-18-13(22)7-21(2)15-14-12(8-23-16(14)20-9-19-15)10-3-5-11(17)6-4-10/h3-6,8-9H,7H2,1-2H3,(H,18,22). The molecule has 0 aliphatic carbocycles. The Bertz CT molecular complexity index is 847. The number of likely N-dealkylation sites (N-methyl/N-ethyl adjacent to an activating group) is 2. The normalized spacial score (nSPS) is 10.7. The number of halogens is 1. The number of carbonyl (C=O) groups excluding carboxylic acids is 1. The SMILES string of the molecule is CNC(=O)CN(C)c1ncnc2scc(-c3ccc(F)cc3)c12. The Labute approximate surface area is 136 Å². The molecule has 0 aliphatic heterocycles. The minimum atomic E-state index is -0.276. The summed E-state index contributed by atoms with van der Waals surface area (Å²) in [5.74, 6) is 0.304. The van der Waals surface area contributed by atoms with E-state index in [4.69, 9.17) is 0 Å². The summed E-state index contributed by atoms with van der Waals surface area (Å²) < 4.78 is 13.2. The molecule has 0 bridgehead atoms. The molecule has 7 heteroatoms. The van der Waals surface area contributed by atoms with E-state index in [0.29, 0.717) is 5.82 Å². The molecule has 0 radical (unpaired) electrons. The average molecular weight is 330 g/mol. The zero-order chi connectivity index (χ0) is 16.4. The second-order valence-electron chi connectivity index (χ2n) is 5.06. The summed E-state index contributed by atoms with van der Waals surface area (Å²) in [6.45, 7) is 0.196. The third kappa shape index (κ3) is 3.00. The van der Waals surface area contributed by atoms with E-state index in [0.717, 1.165) is 21.3 Å². The molecule has 0 spiro atoms. The van der Waals surface area contributed by atoms with Crippen molar-refractivity contribution in [3.63, 3.8) is 0 Å². The molecular weight excluding hydrogens is 315 g/mol. The summed E-state index contributed by atoms with van der Waals surface area (Å²) in [6, 6.07) is 6.31. The van der Waals surface area contributed by atoms with Gasteiger partial charge in [0.1, 0.15) is 22.8 Å². The lowest BCUT2D eigenvalue weighted by Crippen LogP contribution is -2.33. The molecule has 0 fully saturated rings. The predicted molar refractivity (Wildman–Crippen MR) is 90.1 cm³/mol. The predicted octanol–water partition coefficient (Wildman–Crippen LogP) is 2.68. The maximum Gasteiger partial charge on any atom is 0.239 e. The summed E-state index contributed by atoms with van der Waals surface area (Å²) in [5.41, 5.74) is 1.83. The Balaban J connectivity index is 2.10. The van der Waals surface area contributed by atoms with Gasteiger partial charge in [-0.15, -0.1) is 11.3 Å². The number of hydrogen-bond acceptors (Lipinski definition) is 5. The van der Waals surface area contributed by atoms with E-state index < -0.39 is 0 Å². The maximum absolute atomic E-state index is 13.2. The fourth-order valence-corrected chi connectivity index (χ4v) is 3.27. The highest BCUT2D eigenvalue weighted by Crippen LogP contribution is 2.37. The van der Waals surface area contributed by atoms with Crippen LogP contribution in [0.2, 0.25) is 0 Å². The lowest BCUT2D eigenvalue weighted by atomic mass is 10.1. The zero-order valence-electron chi connectivity index (χ0n) is 12.7. The van der Waals surface area contributed by atoms with Gasteiger partial charge < -0.3 is 10.2 Å². The largest absolute Gasteiger partial charge is 0.358 e. The van der Waals surface area contributed by atoms with Crippen LogP contribution in [0.5, 0.6) is 0 Å². The summed E-state index contributed by atoms with van der Waals surface area (Å²) in [5, 5.41) is 5.44. The molecule has 2 aromatic heterocycles. The molecule has 23 heavy (non-hydrogen) atoms. The minimum absolute atomic E-state index is 0.0992. The first-order valence-electron chi connectivity index (χ1n) is 7.00. The van der Waals surface area contributed by atoms with Gasteiger partial charge in [0.25, 0.3) is 0 Å². The van der Waals surface area contributed by atoms with Gasteiger partial charge in [-0.3, -0.25) is 4.79 Å². The molecule has 3 aromatic rings. The number of nitrogens with zero attached hydrogens (tertiary/aromatic N) is 3. The van der Waals surface area contributed by atoms with Crippen LogP contribution in [0, 0.1) is 5.82 Å².